The van der Waals surface area contributed by atoms with Gasteiger partial charge in [0.25, 0.3) is 0 Å². The van der Waals surface area contributed by atoms with E-state index in [9.17, 15) is 41.2 Å². The molecule has 4 fully saturated rings. The summed E-state index contributed by atoms with van der Waals surface area (Å²) in [7, 11) is 0. The van der Waals surface area contributed by atoms with Gasteiger partial charge >= 0.3 is 12.4 Å². The zero-order valence-corrected chi connectivity index (χ0v) is 19.8. The average molecular weight is 529 g/mol. The van der Waals surface area contributed by atoms with Crippen LogP contribution in [0, 0.1) is 17.2 Å². The van der Waals surface area contributed by atoms with E-state index in [1.807, 2.05) is 0 Å². The van der Waals surface area contributed by atoms with Crippen molar-refractivity contribution in [2.45, 2.75) is 74.8 Å². The molecule has 4 aliphatic rings. The summed E-state index contributed by atoms with van der Waals surface area (Å²) < 4.78 is 79.9. The van der Waals surface area contributed by atoms with Gasteiger partial charge in [-0.15, -0.1) is 0 Å². The molecule has 0 radical (unpaired) electrons. The molecule has 3 aliphatic heterocycles. The van der Waals surface area contributed by atoms with Crippen LogP contribution in [0.15, 0.2) is 18.2 Å². The third-order valence-corrected chi connectivity index (χ3v) is 8.08. The largest absolute Gasteiger partial charge is 0.416 e. The molecular weight excluding hydrogens is 504 g/mol. The number of carbonyl (C=O) groups excluding carboxylic acids is 2. The van der Waals surface area contributed by atoms with E-state index >= 15 is 0 Å². The minimum absolute atomic E-state index is 0.0326. The number of likely N-dealkylation sites (tertiary alicyclic amines) is 3. The second-order valence-electron chi connectivity index (χ2n) is 10.4. The van der Waals surface area contributed by atoms with Crippen LogP contribution >= 0.6 is 0 Å². The lowest BCUT2D eigenvalue weighted by atomic mass is 9.98. The highest BCUT2D eigenvalue weighted by atomic mass is 19.4. The van der Waals surface area contributed by atoms with E-state index in [0.717, 1.165) is 6.42 Å². The van der Waals surface area contributed by atoms with E-state index in [2.05, 4.69) is 6.07 Å². The molecule has 1 saturated carbocycles. The first-order valence-corrected chi connectivity index (χ1v) is 12.0. The number of carbonyl (C=O) groups is 2. The highest BCUT2D eigenvalue weighted by molar-refractivity contribution is 5.87. The van der Waals surface area contributed by atoms with Crippen LogP contribution in [0.25, 0.3) is 0 Å². The SMILES string of the molecule is C[C@@H](c1cc(C(F)(F)F)cc(C(F)(F)F)c1)N1C(=O)[C@@H]2C[C@H]1CN2C[C@H](N)C(=O)N1[C@H](C#N)C[C@@H]2C[C@@H]21. The van der Waals surface area contributed by atoms with Gasteiger partial charge in [-0.3, -0.25) is 14.5 Å². The molecular formula is C24H25F6N5O2. The van der Waals surface area contributed by atoms with E-state index in [1.165, 1.54) is 11.8 Å². The van der Waals surface area contributed by atoms with Crippen LogP contribution in [0.2, 0.25) is 0 Å². The molecule has 3 heterocycles. The Labute approximate surface area is 208 Å². The Bertz CT molecular complexity index is 1130. The first kappa shape index (κ1) is 25.8. The van der Waals surface area contributed by atoms with Crippen molar-refractivity contribution >= 4 is 11.8 Å². The first-order chi connectivity index (χ1) is 17.2. The lowest BCUT2D eigenvalue weighted by Gasteiger charge is -2.39. The predicted molar refractivity (Wildman–Crippen MR) is 116 cm³/mol. The molecule has 1 aromatic carbocycles. The molecule has 0 spiro atoms. The molecule has 3 saturated heterocycles. The van der Waals surface area contributed by atoms with E-state index in [4.69, 9.17) is 5.73 Å². The van der Waals surface area contributed by atoms with Gasteiger partial charge in [-0.25, -0.2) is 0 Å². The second kappa shape index (κ2) is 8.59. The van der Waals surface area contributed by atoms with E-state index in [0.29, 0.717) is 37.4 Å². The monoisotopic (exact) mass is 529 g/mol. The fourth-order valence-corrected chi connectivity index (χ4v) is 6.19. The van der Waals surface area contributed by atoms with Gasteiger partial charge in [-0.2, -0.15) is 31.6 Å². The van der Waals surface area contributed by atoms with Crippen LogP contribution in [-0.4, -0.2) is 69.8 Å². The number of hydrogen-bond donors (Lipinski definition) is 1. The van der Waals surface area contributed by atoms with Crippen molar-refractivity contribution < 1.29 is 35.9 Å². The number of nitriles is 1. The number of piperazine rings is 1. The number of nitrogens with two attached hydrogens (primary N) is 1. The molecule has 13 heteroatoms. The van der Waals surface area contributed by atoms with Crippen molar-refractivity contribution in [2.75, 3.05) is 13.1 Å². The third-order valence-electron chi connectivity index (χ3n) is 8.08. The van der Waals surface area contributed by atoms with Gasteiger partial charge in [0.05, 0.1) is 35.3 Å². The van der Waals surface area contributed by atoms with Gasteiger partial charge < -0.3 is 15.5 Å². The van der Waals surface area contributed by atoms with E-state index in [-0.39, 0.29) is 30.1 Å². The predicted octanol–water partition coefficient (Wildman–Crippen LogP) is 2.91. The molecule has 7 nitrogen and oxygen atoms in total. The summed E-state index contributed by atoms with van der Waals surface area (Å²) in [6.45, 7) is 1.78. The van der Waals surface area contributed by atoms with Gasteiger partial charge in [0.2, 0.25) is 11.8 Å². The van der Waals surface area contributed by atoms with E-state index in [1.54, 1.807) is 9.80 Å². The number of nitrogens with zero attached hydrogens (tertiary/aromatic N) is 4. The van der Waals surface area contributed by atoms with Crippen molar-refractivity contribution in [3.8, 4) is 6.07 Å². The highest BCUT2D eigenvalue weighted by Gasteiger charge is 2.56. The van der Waals surface area contributed by atoms with Gasteiger partial charge in [0, 0.05) is 25.2 Å². The maximum atomic E-state index is 13.3. The number of piperidine rings is 1. The molecule has 1 aromatic rings. The average Bonchev–Trinajstić information content (AvgIpc) is 3.15. The maximum Gasteiger partial charge on any atom is 0.416 e. The number of rotatable bonds is 5. The van der Waals surface area contributed by atoms with Gasteiger partial charge in [-0.1, -0.05) is 0 Å². The zero-order valence-electron chi connectivity index (χ0n) is 19.8. The third kappa shape index (κ3) is 4.44. The van der Waals surface area contributed by atoms with Crippen molar-refractivity contribution in [1.82, 2.24) is 14.7 Å². The summed E-state index contributed by atoms with van der Waals surface area (Å²) in [5.41, 5.74) is 3.06. The van der Waals surface area contributed by atoms with Gasteiger partial charge in [-0.05, 0) is 55.9 Å². The Kier molecular flexibility index (Phi) is 5.99. The Hall–Kier alpha value is -2.85. The summed E-state index contributed by atoms with van der Waals surface area (Å²) in [4.78, 5) is 30.8. The van der Waals surface area contributed by atoms with Crippen molar-refractivity contribution in [2.24, 2.45) is 11.7 Å². The summed E-state index contributed by atoms with van der Waals surface area (Å²) in [6, 6.07) is -0.0555. The van der Waals surface area contributed by atoms with Crippen LogP contribution in [0.3, 0.4) is 0 Å². The molecule has 0 unspecified atom stereocenters. The minimum Gasteiger partial charge on any atom is -0.330 e. The molecule has 1 aliphatic carbocycles. The Morgan fingerprint density at radius 2 is 1.73 bits per heavy atom. The highest BCUT2D eigenvalue weighted by Crippen LogP contribution is 2.48. The fourth-order valence-electron chi connectivity index (χ4n) is 6.19. The normalized spacial score (nSPS) is 30.9. The van der Waals surface area contributed by atoms with Crippen LogP contribution in [-0.2, 0) is 21.9 Å². The molecule has 5 rings (SSSR count). The Morgan fingerprint density at radius 1 is 1.11 bits per heavy atom. The van der Waals surface area contributed by atoms with E-state index < -0.39 is 59.6 Å². The smallest absolute Gasteiger partial charge is 0.330 e. The standard InChI is InChI=1S/C24H25F6N5O2/c1-11(12-2-14(23(25,26)27)6-15(3-12)24(28,29)30)34-17-7-20(22(34)37)33(9-17)10-18(32)21(36)35-16(8-31)4-13-5-19(13)35/h2-3,6,11,13,16-20H,4-5,7,9-10,32H2,1H3/t11-,13+,16-,17-,18-,19-,20-/m0/s1. The van der Waals surface area contributed by atoms with Crippen LogP contribution in [0.1, 0.15) is 48.9 Å². The Morgan fingerprint density at radius 3 is 2.27 bits per heavy atom. The molecule has 7 atom stereocenters. The number of alkyl halides is 6. The lowest BCUT2D eigenvalue weighted by Crippen LogP contribution is -2.57. The first-order valence-electron chi connectivity index (χ1n) is 12.0. The topological polar surface area (TPSA) is 93.7 Å². The number of hydrogen-bond acceptors (Lipinski definition) is 5. The second-order valence-corrected chi connectivity index (χ2v) is 10.4. The molecule has 2 N–H and O–H groups in total. The van der Waals surface area contributed by atoms with Gasteiger partial charge in [0.1, 0.15) is 6.04 Å². The number of fused-ring (bicyclic) bond motifs is 3. The van der Waals surface area contributed by atoms with Crippen molar-refractivity contribution in [1.29, 1.82) is 5.26 Å². The van der Waals surface area contributed by atoms with Gasteiger partial charge in [0.15, 0.2) is 0 Å². The summed E-state index contributed by atoms with van der Waals surface area (Å²) in [5.74, 6) is -0.442. The number of benzene rings is 1. The lowest BCUT2D eigenvalue weighted by molar-refractivity contribution is -0.143. The van der Waals surface area contributed by atoms with Crippen molar-refractivity contribution in [3.05, 3.63) is 34.9 Å². The molecule has 2 bridgehead atoms. The zero-order chi connectivity index (χ0) is 27.0. The Balaban J connectivity index is 1.30. The van der Waals surface area contributed by atoms with Crippen LogP contribution < -0.4 is 5.73 Å². The van der Waals surface area contributed by atoms with Crippen molar-refractivity contribution in [3.63, 3.8) is 0 Å². The van der Waals surface area contributed by atoms with Crippen LogP contribution in [0.4, 0.5) is 26.3 Å². The summed E-state index contributed by atoms with van der Waals surface area (Å²) >= 11 is 0. The number of amides is 2. The summed E-state index contributed by atoms with van der Waals surface area (Å²) in [6.07, 6.45) is -8.15. The molecule has 37 heavy (non-hydrogen) atoms. The molecule has 200 valence electrons. The molecule has 2 amide bonds. The van der Waals surface area contributed by atoms with Crippen LogP contribution in [0.5, 0.6) is 0 Å². The maximum absolute atomic E-state index is 13.3. The fraction of sp³-hybridized carbons (Fsp3) is 0.625. The number of halogens is 6. The molecule has 0 aromatic heterocycles. The summed E-state index contributed by atoms with van der Waals surface area (Å²) in [5, 5.41) is 9.34. The minimum atomic E-state index is -4.98. The quantitative estimate of drug-likeness (QED) is 0.593.